The normalized spacial score (nSPS) is 10.9. The van der Waals surface area contributed by atoms with Crippen molar-refractivity contribution in [2.24, 2.45) is 0 Å². The molecule has 2 amide bonds. The average molecular weight is 373 g/mol. The van der Waals surface area contributed by atoms with Gasteiger partial charge in [0.2, 0.25) is 5.91 Å². The van der Waals surface area contributed by atoms with Crippen LogP contribution in [0.3, 0.4) is 0 Å². The topological polar surface area (TPSA) is 99.8 Å². The third kappa shape index (κ3) is 3.55. The predicted molar refractivity (Wildman–Crippen MR) is 108 cm³/mol. The number of aromatic nitrogens is 3. The van der Waals surface area contributed by atoms with E-state index in [9.17, 15) is 9.59 Å². The highest BCUT2D eigenvalue weighted by molar-refractivity contribution is 5.98. The Bertz CT molecular complexity index is 1180. The van der Waals surface area contributed by atoms with Gasteiger partial charge in [-0.05, 0) is 29.0 Å². The van der Waals surface area contributed by atoms with Crippen molar-refractivity contribution in [3.63, 3.8) is 0 Å². The molecule has 3 N–H and O–H groups in total. The van der Waals surface area contributed by atoms with Gasteiger partial charge in [-0.25, -0.2) is 4.98 Å². The molecule has 0 aliphatic rings. The average Bonchev–Trinajstić information content (AvgIpc) is 3.13. The number of hydrogen-bond acceptors (Lipinski definition) is 4. The highest BCUT2D eigenvalue weighted by Crippen LogP contribution is 2.28. The molecule has 0 fully saturated rings. The molecule has 28 heavy (non-hydrogen) atoms. The summed E-state index contributed by atoms with van der Waals surface area (Å²) in [5, 5.41) is 15.0. The Kier molecular flexibility index (Phi) is 4.72. The molecule has 2 heterocycles. The Labute approximate surface area is 161 Å². The molecule has 0 aliphatic carbocycles. The molecule has 7 nitrogen and oxygen atoms in total. The second-order valence-corrected chi connectivity index (χ2v) is 6.47. The lowest BCUT2D eigenvalue weighted by molar-refractivity contribution is -0.118. The summed E-state index contributed by atoms with van der Waals surface area (Å²) in [6, 6.07) is 17.7. The van der Waals surface area contributed by atoms with Gasteiger partial charge in [0.05, 0.1) is 5.52 Å². The molecule has 4 aromatic rings. The van der Waals surface area contributed by atoms with Gasteiger partial charge in [0.15, 0.2) is 0 Å². The maximum absolute atomic E-state index is 12.4. The number of rotatable bonds is 5. The Morgan fingerprint density at radius 1 is 0.964 bits per heavy atom. The third-order valence-corrected chi connectivity index (χ3v) is 4.45. The first-order chi connectivity index (χ1) is 13.6. The van der Waals surface area contributed by atoms with Gasteiger partial charge in [-0.1, -0.05) is 36.4 Å². The van der Waals surface area contributed by atoms with E-state index in [1.54, 1.807) is 12.1 Å². The van der Waals surface area contributed by atoms with Crippen molar-refractivity contribution in [2.45, 2.75) is 6.92 Å². The van der Waals surface area contributed by atoms with Crippen molar-refractivity contribution in [3.05, 3.63) is 60.3 Å². The van der Waals surface area contributed by atoms with Crippen molar-refractivity contribution < 1.29 is 9.59 Å². The molecule has 0 spiro atoms. The minimum Gasteiger partial charge on any atom is -0.355 e. The van der Waals surface area contributed by atoms with E-state index in [1.165, 1.54) is 6.92 Å². The molecule has 0 aliphatic heterocycles. The quantitative estimate of drug-likeness (QED) is 0.468. The number of amides is 2. The second kappa shape index (κ2) is 7.48. The van der Waals surface area contributed by atoms with E-state index in [0.717, 1.165) is 21.9 Å². The van der Waals surface area contributed by atoms with Crippen LogP contribution in [0.2, 0.25) is 0 Å². The molecule has 7 heteroatoms. The number of nitrogens with zero attached hydrogens (tertiary/aromatic N) is 2. The summed E-state index contributed by atoms with van der Waals surface area (Å²) >= 11 is 0. The molecule has 2 aromatic heterocycles. The Hall–Kier alpha value is -3.74. The molecule has 0 saturated heterocycles. The van der Waals surface area contributed by atoms with Crippen molar-refractivity contribution in [2.75, 3.05) is 13.1 Å². The summed E-state index contributed by atoms with van der Waals surface area (Å²) in [6.07, 6.45) is 0. The smallest absolute Gasteiger partial charge is 0.269 e. The molecular formula is C21H19N5O2. The summed E-state index contributed by atoms with van der Waals surface area (Å²) in [4.78, 5) is 27.8. The van der Waals surface area contributed by atoms with E-state index < -0.39 is 0 Å². The highest BCUT2D eigenvalue weighted by Gasteiger charge is 2.14. The number of nitrogens with one attached hydrogen (secondary N) is 3. The van der Waals surface area contributed by atoms with Gasteiger partial charge in [-0.2, -0.15) is 5.10 Å². The van der Waals surface area contributed by atoms with Gasteiger partial charge < -0.3 is 10.6 Å². The highest BCUT2D eigenvalue weighted by atomic mass is 16.2. The third-order valence-electron chi connectivity index (χ3n) is 4.45. The molecule has 0 bridgehead atoms. The van der Waals surface area contributed by atoms with Crippen LogP contribution in [0.25, 0.3) is 33.1 Å². The van der Waals surface area contributed by atoms with E-state index in [0.29, 0.717) is 30.0 Å². The lowest BCUT2D eigenvalue weighted by atomic mass is 10.0. The monoisotopic (exact) mass is 373 g/mol. The Balaban J connectivity index is 1.62. The first kappa shape index (κ1) is 17.7. The van der Waals surface area contributed by atoms with E-state index in [4.69, 9.17) is 0 Å². The van der Waals surface area contributed by atoms with Crippen LogP contribution in [-0.2, 0) is 4.79 Å². The molecule has 0 unspecified atom stereocenters. The molecule has 0 radical (unpaired) electrons. The van der Waals surface area contributed by atoms with Crippen LogP contribution in [0.1, 0.15) is 17.4 Å². The van der Waals surface area contributed by atoms with Crippen LogP contribution in [0.5, 0.6) is 0 Å². The van der Waals surface area contributed by atoms with Gasteiger partial charge in [0.25, 0.3) is 5.91 Å². The minimum atomic E-state index is -0.294. The van der Waals surface area contributed by atoms with Gasteiger partial charge in [-0.15, -0.1) is 0 Å². The van der Waals surface area contributed by atoms with Gasteiger partial charge in [0, 0.05) is 25.6 Å². The fourth-order valence-corrected chi connectivity index (χ4v) is 3.07. The Morgan fingerprint density at radius 2 is 1.75 bits per heavy atom. The van der Waals surface area contributed by atoms with Gasteiger partial charge >= 0.3 is 0 Å². The number of carbonyl (C=O) groups is 2. The SMILES string of the molecule is CC(=O)NCCNC(=O)c1ccc2[nH]nc(-c3ccc4ccccc4c3)c2n1. The number of benzene rings is 2. The van der Waals surface area contributed by atoms with Crippen molar-refractivity contribution in [1.82, 2.24) is 25.8 Å². The lowest BCUT2D eigenvalue weighted by Gasteiger charge is -2.06. The fraction of sp³-hybridized carbons (Fsp3) is 0.143. The fourth-order valence-electron chi connectivity index (χ4n) is 3.07. The van der Waals surface area contributed by atoms with Crippen LogP contribution in [0.15, 0.2) is 54.6 Å². The van der Waals surface area contributed by atoms with E-state index >= 15 is 0 Å². The summed E-state index contributed by atoms with van der Waals surface area (Å²) in [5.74, 6) is -0.426. The molecule has 0 atom stereocenters. The standard InChI is InChI=1S/C21H19N5O2/c1-13(27)22-10-11-23-21(28)18-9-8-17-20(24-18)19(26-25-17)16-7-6-14-4-2-3-5-15(14)12-16/h2-9,12H,10-11H2,1H3,(H,22,27)(H,23,28)(H,25,26). The number of fused-ring (bicyclic) bond motifs is 2. The molecule has 140 valence electrons. The molecule has 2 aromatic carbocycles. The van der Waals surface area contributed by atoms with Crippen LogP contribution in [-0.4, -0.2) is 40.1 Å². The maximum atomic E-state index is 12.4. The van der Waals surface area contributed by atoms with E-state index in [-0.39, 0.29) is 11.8 Å². The van der Waals surface area contributed by atoms with E-state index in [2.05, 4.69) is 44.0 Å². The van der Waals surface area contributed by atoms with Crippen LogP contribution in [0.4, 0.5) is 0 Å². The van der Waals surface area contributed by atoms with Gasteiger partial charge in [0.1, 0.15) is 16.9 Å². The van der Waals surface area contributed by atoms with Crippen LogP contribution in [0, 0.1) is 0 Å². The lowest BCUT2D eigenvalue weighted by Crippen LogP contribution is -2.33. The first-order valence-electron chi connectivity index (χ1n) is 8.99. The van der Waals surface area contributed by atoms with Crippen molar-refractivity contribution in [1.29, 1.82) is 0 Å². The zero-order chi connectivity index (χ0) is 19.5. The summed E-state index contributed by atoms with van der Waals surface area (Å²) in [7, 11) is 0. The van der Waals surface area contributed by atoms with Crippen molar-refractivity contribution in [3.8, 4) is 11.3 Å². The maximum Gasteiger partial charge on any atom is 0.269 e. The molecule has 0 saturated carbocycles. The van der Waals surface area contributed by atoms with E-state index in [1.807, 2.05) is 24.3 Å². The predicted octanol–water partition coefficient (Wildman–Crippen LogP) is 2.64. The second-order valence-electron chi connectivity index (χ2n) is 6.47. The number of aromatic amines is 1. The first-order valence-corrected chi connectivity index (χ1v) is 8.99. The van der Waals surface area contributed by atoms with Crippen LogP contribution >= 0.6 is 0 Å². The van der Waals surface area contributed by atoms with Gasteiger partial charge in [-0.3, -0.25) is 14.7 Å². The number of carbonyl (C=O) groups excluding carboxylic acids is 2. The zero-order valence-corrected chi connectivity index (χ0v) is 15.3. The summed E-state index contributed by atoms with van der Waals surface area (Å²) in [6.45, 7) is 2.14. The Morgan fingerprint density at radius 3 is 2.57 bits per heavy atom. The number of H-pyrrole nitrogens is 1. The molecule has 4 rings (SSSR count). The molecular weight excluding hydrogens is 354 g/mol. The van der Waals surface area contributed by atoms with Crippen LogP contribution < -0.4 is 10.6 Å². The summed E-state index contributed by atoms with van der Waals surface area (Å²) in [5.41, 5.74) is 3.34. The van der Waals surface area contributed by atoms with Crippen molar-refractivity contribution >= 4 is 33.6 Å². The largest absolute Gasteiger partial charge is 0.355 e. The zero-order valence-electron chi connectivity index (χ0n) is 15.3. The summed E-state index contributed by atoms with van der Waals surface area (Å²) < 4.78 is 0. The number of pyridine rings is 1. The minimum absolute atomic E-state index is 0.132. The number of hydrogen-bond donors (Lipinski definition) is 3.